The van der Waals surface area contributed by atoms with Crippen LogP contribution < -0.4 is 0 Å². The number of benzene rings is 1. The Morgan fingerprint density at radius 1 is 1.24 bits per heavy atom. The van der Waals surface area contributed by atoms with Gasteiger partial charge in [-0.25, -0.2) is 0 Å². The molecule has 3 nitrogen and oxygen atoms in total. The maximum Gasteiger partial charge on any atom is 0.176 e. The summed E-state index contributed by atoms with van der Waals surface area (Å²) >= 11 is 0. The second-order valence-corrected chi connectivity index (χ2v) is 4.19. The lowest BCUT2D eigenvalue weighted by Crippen LogP contribution is -2.30. The van der Waals surface area contributed by atoms with Crippen molar-refractivity contribution in [3.63, 3.8) is 0 Å². The number of hydrogen-bond donors (Lipinski definition) is 1. The van der Waals surface area contributed by atoms with Gasteiger partial charge in [0.15, 0.2) is 5.78 Å². The van der Waals surface area contributed by atoms with Gasteiger partial charge in [0.25, 0.3) is 0 Å². The maximum absolute atomic E-state index is 12.0. The van der Waals surface area contributed by atoms with Crippen LogP contribution in [0.5, 0.6) is 5.75 Å². The minimum absolute atomic E-state index is 0.114. The van der Waals surface area contributed by atoms with E-state index in [4.69, 9.17) is 5.11 Å². The van der Waals surface area contributed by atoms with E-state index in [-0.39, 0.29) is 11.5 Å². The number of Topliss-reactive ketones (excluding diaryl/α,β-unsaturated/α-hetero) is 1. The molecule has 94 valence electrons. The summed E-state index contributed by atoms with van der Waals surface area (Å²) < 4.78 is 0. The SMILES string of the molecule is CCCCN(CC)CC(=O)c1ccc(O)cc1. The van der Waals surface area contributed by atoms with Crippen LogP contribution >= 0.6 is 0 Å². The molecule has 3 heteroatoms. The summed E-state index contributed by atoms with van der Waals surface area (Å²) in [6.07, 6.45) is 2.26. The highest BCUT2D eigenvalue weighted by atomic mass is 16.3. The van der Waals surface area contributed by atoms with Gasteiger partial charge < -0.3 is 5.11 Å². The van der Waals surface area contributed by atoms with E-state index >= 15 is 0 Å². The van der Waals surface area contributed by atoms with Gasteiger partial charge >= 0.3 is 0 Å². The first-order valence-electron chi connectivity index (χ1n) is 6.22. The van der Waals surface area contributed by atoms with Crippen LogP contribution in [0.4, 0.5) is 0 Å². The van der Waals surface area contributed by atoms with Gasteiger partial charge in [-0.2, -0.15) is 0 Å². The zero-order valence-electron chi connectivity index (χ0n) is 10.6. The Balaban J connectivity index is 2.54. The molecule has 0 fully saturated rings. The molecule has 0 saturated heterocycles. The Bertz CT molecular complexity index is 346. The molecule has 0 radical (unpaired) electrons. The van der Waals surface area contributed by atoms with Gasteiger partial charge in [0.1, 0.15) is 5.75 Å². The van der Waals surface area contributed by atoms with Gasteiger partial charge in [-0.1, -0.05) is 20.3 Å². The largest absolute Gasteiger partial charge is 0.508 e. The van der Waals surface area contributed by atoms with Crippen molar-refractivity contribution in [1.29, 1.82) is 0 Å². The van der Waals surface area contributed by atoms with Crippen molar-refractivity contribution in [3.05, 3.63) is 29.8 Å². The molecule has 1 aromatic rings. The predicted molar refractivity (Wildman–Crippen MR) is 69.5 cm³/mol. The van der Waals surface area contributed by atoms with Crippen LogP contribution in [0.1, 0.15) is 37.0 Å². The number of phenols is 1. The molecule has 0 unspecified atom stereocenters. The first kappa shape index (κ1) is 13.7. The number of unbranched alkanes of at least 4 members (excludes halogenated alkanes) is 1. The van der Waals surface area contributed by atoms with Gasteiger partial charge in [-0.3, -0.25) is 9.69 Å². The average Bonchev–Trinajstić information content (AvgIpc) is 2.35. The van der Waals surface area contributed by atoms with Crippen LogP contribution in [-0.2, 0) is 0 Å². The maximum atomic E-state index is 12.0. The summed E-state index contributed by atoms with van der Waals surface area (Å²) in [6, 6.07) is 6.45. The third kappa shape index (κ3) is 4.57. The van der Waals surface area contributed by atoms with Crippen molar-refractivity contribution < 1.29 is 9.90 Å². The standard InChI is InChI=1S/C14H21NO2/c1-3-5-10-15(4-2)11-14(17)12-6-8-13(16)9-7-12/h6-9,16H,3-5,10-11H2,1-2H3. The summed E-state index contributed by atoms with van der Waals surface area (Å²) in [4.78, 5) is 14.1. The minimum atomic E-state index is 0.114. The van der Waals surface area contributed by atoms with Crippen molar-refractivity contribution in [3.8, 4) is 5.75 Å². The lowest BCUT2D eigenvalue weighted by atomic mass is 10.1. The molecular weight excluding hydrogens is 214 g/mol. The summed E-state index contributed by atoms with van der Waals surface area (Å²) in [6.45, 7) is 6.54. The number of rotatable bonds is 7. The van der Waals surface area contributed by atoms with Crippen LogP contribution in [0, 0.1) is 0 Å². The van der Waals surface area contributed by atoms with Crippen LogP contribution in [0.3, 0.4) is 0 Å². The number of ketones is 1. The Labute approximate surface area is 103 Å². The second kappa shape index (κ2) is 7.07. The fourth-order valence-corrected chi connectivity index (χ4v) is 1.67. The molecule has 1 N–H and O–H groups in total. The first-order chi connectivity index (χ1) is 8.17. The fourth-order valence-electron chi connectivity index (χ4n) is 1.67. The van der Waals surface area contributed by atoms with E-state index in [2.05, 4.69) is 18.7 Å². The van der Waals surface area contributed by atoms with E-state index < -0.39 is 0 Å². The highest BCUT2D eigenvalue weighted by Gasteiger charge is 2.10. The molecule has 1 rings (SSSR count). The third-order valence-electron chi connectivity index (χ3n) is 2.83. The van der Waals surface area contributed by atoms with Crippen molar-refractivity contribution >= 4 is 5.78 Å². The van der Waals surface area contributed by atoms with E-state index in [1.165, 1.54) is 0 Å². The normalized spacial score (nSPS) is 10.8. The second-order valence-electron chi connectivity index (χ2n) is 4.19. The Kier molecular flexibility index (Phi) is 5.70. The van der Waals surface area contributed by atoms with Crippen molar-refractivity contribution in [1.82, 2.24) is 4.90 Å². The lowest BCUT2D eigenvalue weighted by molar-refractivity contribution is 0.0933. The zero-order valence-corrected chi connectivity index (χ0v) is 10.6. The molecular formula is C14H21NO2. The molecule has 0 saturated carbocycles. The number of phenolic OH excluding ortho intramolecular Hbond substituents is 1. The quantitative estimate of drug-likeness (QED) is 0.739. The minimum Gasteiger partial charge on any atom is -0.508 e. The van der Waals surface area contributed by atoms with Gasteiger partial charge in [0, 0.05) is 5.56 Å². The van der Waals surface area contributed by atoms with Gasteiger partial charge in [0.2, 0.25) is 0 Å². The number of likely N-dealkylation sites (N-methyl/N-ethyl adjacent to an activating group) is 1. The molecule has 17 heavy (non-hydrogen) atoms. The third-order valence-corrected chi connectivity index (χ3v) is 2.83. The van der Waals surface area contributed by atoms with Crippen LogP contribution in [0.25, 0.3) is 0 Å². The topological polar surface area (TPSA) is 40.5 Å². The summed E-state index contributed by atoms with van der Waals surface area (Å²) in [5.41, 5.74) is 0.665. The molecule has 1 aromatic carbocycles. The Hall–Kier alpha value is -1.35. The summed E-state index contributed by atoms with van der Waals surface area (Å²) in [5.74, 6) is 0.308. The Morgan fingerprint density at radius 3 is 2.41 bits per heavy atom. The molecule has 0 amide bonds. The summed E-state index contributed by atoms with van der Waals surface area (Å²) in [7, 11) is 0. The van der Waals surface area contributed by atoms with E-state index in [1.54, 1.807) is 24.3 Å². The van der Waals surface area contributed by atoms with Gasteiger partial charge in [-0.15, -0.1) is 0 Å². The molecule has 0 heterocycles. The molecule has 0 aliphatic rings. The Morgan fingerprint density at radius 2 is 1.88 bits per heavy atom. The molecule has 0 bridgehead atoms. The van der Waals surface area contributed by atoms with Gasteiger partial charge in [0.05, 0.1) is 6.54 Å². The van der Waals surface area contributed by atoms with E-state index in [0.717, 1.165) is 25.9 Å². The van der Waals surface area contributed by atoms with E-state index in [0.29, 0.717) is 12.1 Å². The highest BCUT2D eigenvalue weighted by Crippen LogP contribution is 2.10. The summed E-state index contributed by atoms with van der Waals surface area (Å²) in [5, 5.41) is 9.16. The van der Waals surface area contributed by atoms with E-state index in [1.807, 2.05) is 0 Å². The zero-order chi connectivity index (χ0) is 12.7. The number of hydrogen-bond acceptors (Lipinski definition) is 3. The highest BCUT2D eigenvalue weighted by molar-refractivity contribution is 5.97. The average molecular weight is 235 g/mol. The number of carbonyl (C=O) groups excluding carboxylic acids is 1. The smallest absolute Gasteiger partial charge is 0.176 e. The van der Waals surface area contributed by atoms with Crippen LogP contribution in [0.2, 0.25) is 0 Å². The molecule has 0 spiro atoms. The number of carbonyl (C=O) groups is 1. The van der Waals surface area contributed by atoms with E-state index in [9.17, 15) is 4.79 Å². The van der Waals surface area contributed by atoms with Crippen molar-refractivity contribution in [2.75, 3.05) is 19.6 Å². The molecule has 0 aliphatic carbocycles. The lowest BCUT2D eigenvalue weighted by Gasteiger charge is -2.18. The number of aromatic hydroxyl groups is 1. The predicted octanol–water partition coefficient (Wildman–Crippen LogP) is 2.70. The van der Waals surface area contributed by atoms with Crippen LogP contribution in [0.15, 0.2) is 24.3 Å². The molecule has 0 aliphatic heterocycles. The first-order valence-corrected chi connectivity index (χ1v) is 6.22. The fraction of sp³-hybridized carbons (Fsp3) is 0.500. The molecule has 0 atom stereocenters. The number of nitrogens with zero attached hydrogens (tertiary/aromatic N) is 1. The van der Waals surface area contributed by atoms with Crippen molar-refractivity contribution in [2.24, 2.45) is 0 Å². The van der Waals surface area contributed by atoms with Crippen molar-refractivity contribution in [2.45, 2.75) is 26.7 Å². The monoisotopic (exact) mass is 235 g/mol. The van der Waals surface area contributed by atoms with Gasteiger partial charge in [-0.05, 0) is 43.8 Å². The van der Waals surface area contributed by atoms with Crippen LogP contribution in [-0.4, -0.2) is 35.4 Å². The molecule has 0 aromatic heterocycles.